The molecule has 1 heteroatoms. The number of nitrogens with one attached hydrogen (secondary N) is 1. The van der Waals surface area contributed by atoms with Crippen molar-refractivity contribution in [1.82, 2.24) is 5.32 Å². The molecule has 2 rings (SSSR count). The van der Waals surface area contributed by atoms with Gasteiger partial charge in [0.2, 0.25) is 0 Å². The monoisotopic (exact) mass is 217 g/mol. The van der Waals surface area contributed by atoms with E-state index in [2.05, 4.69) is 50.4 Å². The summed E-state index contributed by atoms with van der Waals surface area (Å²) in [5, 5.41) is 3.60. The Labute approximate surface area is 99.3 Å². The molecule has 0 saturated heterocycles. The van der Waals surface area contributed by atoms with Crippen LogP contribution in [0.2, 0.25) is 0 Å². The summed E-state index contributed by atoms with van der Waals surface area (Å²) in [6.45, 7) is 7.94. The Bertz CT molecular complexity index is 356. The summed E-state index contributed by atoms with van der Waals surface area (Å²) < 4.78 is 0. The number of hydrogen-bond acceptors (Lipinski definition) is 1. The highest BCUT2D eigenvalue weighted by atomic mass is 14.9. The van der Waals surface area contributed by atoms with Crippen LogP contribution in [0.5, 0.6) is 0 Å². The van der Waals surface area contributed by atoms with Gasteiger partial charge in [-0.3, -0.25) is 0 Å². The fraction of sp³-hybridized carbons (Fsp3) is 0.600. The molecule has 1 aliphatic carbocycles. The lowest BCUT2D eigenvalue weighted by atomic mass is 9.71. The maximum Gasteiger partial charge on any atom is 0.00524 e. The zero-order valence-corrected chi connectivity index (χ0v) is 10.7. The third-order valence-electron chi connectivity index (χ3n) is 3.74. The minimum atomic E-state index is 0.332. The lowest BCUT2D eigenvalue weighted by Crippen LogP contribution is -2.40. The van der Waals surface area contributed by atoms with Crippen LogP contribution in [-0.2, 0) is 11.8 Å². The third-order valence-corrected chi connectivity index (χ3v) is 3.74. The van der Waals surface area contributed by atoms with Gasteiger partial charge in [0, 0.05) is 18.0 Å². The number of fused-ring (bicyclic) bond motifs is 1. The van der Waals surface area contributed by atoms with Crippen LogP contribution in [0.4, 0.5) is 0 Å². The summed E-state index contributed by atoms with van der Waals surface area (Å²) in [5.74, 6) is 0. The summed E-state index contributed by atoms with van der Waals surface area (Å²) >= 11 is 0. The van der Waals surface area contributed by atoms with Crippen molar-refractivity contribution in [2.75, 3.05) is 6.54 Å². The zero-order chi connectivity index (χ0) is 11.6. The van der Waals surface area contributed by atoms with Crippen molar-refractivity contribution in [3.05, 3.63) is 35.4 Å². The Morgan fingerprint density at radius 3 is 2.81 bits per heavy atom. The summed E-state index contributed by atoms with van der Waals surface area (Å²) in [6.07, 6.45) is 3.89. The summed E-state index contributed by atoms with van der Waals surface area (Å²) in [5.41, 5.74) is 3.45. The van der Waals surface area contributed by atoms with Gasteiger partial charge in [0.05, 0.1) is 0 Å². The first-order valence-corrected chi connectivity index (χ1v) is 6.43. The highest BCUT2D eigenvalue weighted by Gasteiger charge is 2.31. The van der Waals surface area contributed by atoms with Gasteiger partial charge in [-0.2, -0.15) is 0 Å². The molecule has 0 radical (unpaired) electrons. The Kier molecular flexibility index (Phi) is 3.34. The maximum absolute atomic E-state index is 3.60. The molecule has 1 unspecified atom stereocenters. The van der Waals surface area contributed by atoms with Crippen LogP contribution in [0, 0.1) is 0 Å². The zero-order valence-electron chi connectivity index (χ0n) is 10.7. The van der Waals surface area contributed by atoms with Crippen molar-refractivity contribution < 1.29 is 0 Å². The average Bonchev–Trinajstić information content (AvgIpc) is 2.27. The minimum absolute atomic E-state index is 0.332. The molecule has 0 aliphatic heterocycles. The van der Waals surface area contributed by atoms with Crippen LogP contribution < -0.4 is 5.32 Å². The van der Waals surface area contributed by atoms with E-state index >= 15 is 0 Å². The molecule has 1 aromatic carbocycles. The first kappa shape index (κ1) is 11.7. The molecular formula is C15H23N. The van der Waals surface area contributed by atoms with Gasteiger partial charge in [0.15, 0.2) is 0 Å². The SMILES string of the molecule is CC(C)NCC1(C)CCCc2ccccc21. The number of benzene rings is 1. The second-order valence-electron chi connectivity index (χ2n) is 5.61. The van der Waals surface area contributed by atoms with Gasteiger partial charge in [-0.05, 0) is 30.4 Å². The Morgan fingerprint density at radius 1 is 1.31 bits per heavy atom. The molecule has 0 aromatic heterocycles. The van der Waals surface area contributed by atoms with Crippen LogP contribution in [0.15, 0.2) is 24.3 Å². The predicted octanol–water partition coefficient (Wildman–Crippen LogP) is 3.28. The van der Waals surface area contributed by atoms with Crippen LogP contribution >= 0.6 is 0 Å². The van der Waals surface area contributed by atoms with Crippen LogP contribution in [-0.4, -0.2) is 12.6 Å². The molecule has 0 spiro atoms. The molecule has 1 atom stereocenters. The van der Waals surface area contributed by atoms with Crippen LogP contribution in [0.3, 0.4) is 0 Å². The van der Waals surface area contributed by atoms with Crippen molar-refractivity contribution in [2.45, 2.75) is 51.5 Å². The first-order chi connectivity index (χ1) is 7.62. The lowest BCUT2D eigenvalue weighted by molar-refractivity contribution is 0.356. The summed E-state index contributed by atoms with van der Waals surface area (Å²) in [4.78, 5) is 0. The second kappa shape index (κ2) is 4.58. The largest absolute Gasteiger partial charge is 0.314 e. The van der Waals surface area contributed by atoms with Gasteiger partial charge in [0.1, 0.15) is 0 Å². The second-order valence-corrected chi connectivity index (χ2v) is 5.61. The fourth-order valence-corrected chi connectivity index (χ4v) is 2.74. The molecule has 0 saturated carbocycles. The van der Waals surface area contributed by atoms with Crippen molar-refractivity contribution in [1.29, 1.82) is 0 Å². The molecule has 0 bridgehead atoms. The molecule has 0 heterocycles. The van der Waals surface area contributed by atoms with E-state index in [0.717, 1.165) is 6.54 Å². The highest BCUT2D eigenvalue weighted by molar-refractivity contribution is 5.36. The molecule has 0 amide bonds. The van der Waals surface area contributed by atoms with Crippen molar-refractivity contribution in [3.8, 4) is 0 Å². The van der Waals surface area contributed by atoms with E-state index in [1.165, 1.54) is 19.3 Å². The predicted molar refractivity (Wildman–Crippen MR) is 69.9 cm³/mol. The van der Waals surface area contributed by atoms with Crippen molar-refractivity contribution >= 4 is 0 Å². The van der Waals surface area contributed by atoms with Crippen molar-refractivity contribution in [2.24, 2.45) is 0 Å². The number of aryl methyl sites for hydroxylation is 1. The topological polar surface area (TPSA) is 12.0 Å². The minimum Gasteiger partial charge on any atom is -0.314 e. The fourth-order valence-electron chi connectivity index (χ4n) is 2.74. The molecular weight excluding hydrogens is 194 g/mol. The molecule has 1 nitrogen and oxygen atoms in total. The van der Waals surface area contributed by atoms with Crippen LogP contribution in [0.25, 0.3) is 0 Å². The standard InChI is InChI=1S/C15H23N/c1-12(2)16-11-15(3)10-6-8-13-7-4-5-9-14(13)15/h4-5,7,9,12,16H,6,8,10-11H2,1-3H3. The van der Waals surface area contributed by atoms with E-state index in [1.54, 1.807) is 11.1 Å². The van der Waals surface area contributed by atoms with Gasteiger partial charge in [-0.1, -0.05) is 45.0 Å². The first-order valence-electron chi connectivity index (χ1n) is 6.43. The Morgan fingerprint density at radius 2 is 2.06 bits per heavy atom. The quantitative estimate of drug-likeness (QED) is 0.819. The summed E-state index contributed by atoms with van der Waals surface area (Å²) in [7, 11) is 0. The van der Waals surface area contributed by atoms with E-state index in [0.29, 0.717) is 11.5 Å². The van der Waals surface area contributed by atoms with E-state index in [-0.39, 0.29) is 0 Å². The van der Waals surface area contributed by atoms with E-state index in [4.69, 9.17) is 0 Å². The van der Waals surface area contributed by atoms with E-state index < -0.39 is 0 Å². The van der Waals surface area contributed by atoms with Gasteiger partial charge < -0.3 is 5.32 Å². The molecule has 1 aliphatic rings. The summed E-state index contributed by atoms with van der Waals surface area (Å²) in [6, 6.07) is 9.53. The van der Waals surface area contributed by atoms with Gasteiger partial charge in [-0.25, -0.2) is 0 Å². The van der Waals surface area contributed by atoms with E-state index in [1.807, 2.05) is 0 Å². The molecule has 1 N–H and O–H groups in total. The third kappa shape index (κ3) is 2.30. The maximum atomic E-state index is 3.60. The Balaban J connectivity index is 2.22. The van der Waals surface area contributed by atoms with Gasteiger partial charge >= 0.3 is 0 Å². The molecule has 0 fully saturated rings. The normalized spacial score (nSPS) is 24.5. The van der Waals surface area contributed by atoms with Crippen molar-refractivity contribution in [3.63, 3.8) is 0 Å². The van der Waals surface area contributed by atoms with Crippen LogP contribution in [0.1, 0.15) is 44.7 Å². The molecule has 16 heavy (non-hydrogen) atoms. The highest BCUT2D eigenvalue weighted by Crippen LogP contribution is 2.36. The van der Waals surface area contributed by atoms with Gasteiger partial charge in [0.25, 0.3) is 0 Å². The lowest BCUT2D eigenvalue weighted by Gasteiger charge is -2.37. The van der Waals surface area contributed by atoms with Gasteiger partial charge in [-0.15, -0.1) is 0 Å². The molecule has 88 valence electrons. The van der Waals surface area contributed by atoms with E-state index in [9.17, 15) is 0 Å². The Hall–Kier alpha value is -0.820. The molecule has 1 aromatic rings. The smallest absolute Gasteiger partial charge is 0.00524 e. The number of hydrogen-bond donors (Lipinski definition) is 1. The average molecular weight is 217 g/mol. The number of rotatable bonds is 3.